The molecule has 0 atom stereocenters. The summed E-state index contributed by atoms with van der Waals surface area (Å²) in [6.45, 7) is 0. The van der Waals surface area contributed by atoms with Crippen LogP contribution in [0, 0.1) is 0 Å². The minimum Gasteiger partial charge on any atom is -0.309 e. The Kier molecular flexibility index (Phi) is 7.08. The number of thiophene rings is 2. The average molecular weight is 826 g/mol. The van der Waals surface area contributed by atoms with Gasteiger partial charge in [-0.05, 0) is 71.4 Å². The lowest BCUT2D eigenvalue weighted by Gasteiger charge is -2.14. The second kappa shape index (κ2) is 12.9. The summed E-state index contributed by atoms with van der Waals surface area (Å²) in [7, 11) is 0. The molecule has 0 saturated heterocycles. The van der Waals surface area contributed by atoms with E-state index in [2.05, 4.69) is 197 Å². The van der Waals surface area contributed by atoms with E-state index in [1.807, 2.05) is 11.3 Å². The highest BCUT2D eigenvalue weighted by Gasteiger charge is 2.23. The van der Waals surface area contributed by atoms with E-state index in [0.29, 0.717) is 17.6 Å². The first kappa shape index (κ1) is 34.0. The molecule has 9 aromatic carbocycles. The summed E-state index contributed by atoms with van der Waals surface area (Å²) in [5.41, 5.74) is 7.45. The molecule has 0 N–H and O–H groups in total. The number of benzene rings is 9. The van der Waals surface area contributed by atoms with Crippen LogP contribution in [-0.2, 0) is 0 Å². The Hall–Kier alpha value is -7.71. The monoisotopic (exact) mass is 825 g/mol. The zero-order valence-electron chi connectivity index (χ0n) is 33.0. The topological polar surface area (TPSA) is 48.5 Å². The Balaban J connectivity index is 1.11. The number of rotatable bonds is 4. The van der Waals surface area contributed by atoms with Crippen LogP contribution in [-0.4, -0.2) is 24.1 Å². The van der Waals surface area contributed by atoms with E-state index >= 15 is 0 Å². The van der Waals surface area contributed by atoms with Gasteiger partial charge in [-0.2, -0.15) is 9.97 Å². The van der Waals surface area contributed by atoms with Crippen molar-refractivity contribution in [3.63, 3.8) is 0 Å². The second-order valence-electron chi connectivity index (χ2n) is 16.0. The fraction of sp³-hybridized carbons (Fsp3) is 0. The van der Waals surface area contributed by atoms with Crippen molar-refractivity contribution < 1.29 is 0 Å². The smallest absolute Gasteiger partial charge is 0.238 e. The summed E-state index contributed by atoms with van der Waals surface area (Å²) in [5, 5.41) is 12.1. The third-order valence-corrected chi connectivity index (χ3v) is 14.9. The van der Waals surface area contributed by atoms with Crippen molar-refractivity contribution in [1.29, 1.82) is 0 Å². The van der Waals surface area contributed by atoms with Gasteiger partial charge in [0.05, 0.1) is 27.8 Å². The van der Waals surface area contributed by atoms with Crippen LogP contribution in [0.2, 0.25) is 0 Å². The minimum atomic E-state index is 0.585. The zero-order valence-corrected chi connectivity index (χ0v) is 34.6. The number of aromatic nitrogens is 5. The molecule has 5 aromatic heterocycles. The van der Waals surface area contributed by atoms with Crippen molar-refractivity contribution in [2.24, 2.45) is 0 Å². The van der Waals surface area contributed by atoms with Crippen LogP contribution in [0.5, 0.6) is 0 Å². The molecule has 0 aliphatic heterocycles. The molecule has 14 aromatic rings. The van der Waals surface area contributed by atoms with E-state index in [4.69, 9.17) is 15.0 Å². The Bertz CT molecular complexity index is 4130. The van der Waals surface area contributed by atoms with Crippen LogP contribution >= 0.6 is 22.7 Å². The summed E-state index contributed by atoms with van der Waals surface area (Å²) in [4.78, 5) is 16.4. The summed E-state index contributed by atoms with van der Waals surface area (Å²) in [5.74, 6) is 1.85. The molecule has 5 heterocycles. The minimum absolute atomic E-state index is 0.585. The first-order valence-corrected chi connectivity index (χ1v) is 22.4. The third-order valence-electron chi connectivity index (χ3n) is 12.5. The van der Waals surface area contributed by atoms with Crippen LogP contribution in [0.3, 0.4) is 0 Å². The Morgan fingerprint density at radius 3 is 1.66 bits per heavy atom. The molecule has 62 heavy (non-hydrogen) atoms. The van der Waals surface area contributed by atoms with Gasteiger partial charge < -0.3 is 4.57 Å². The fourth-order valence-electron chi connectivity index (χ4n) is 9.83. The largest absolute Gasteiger partial charge is 0.309 e. The summed E-state index contributed by atoms with van der Waals surface area (Å²) >= 11 is 3.61. The van der Waals surface area contributed by atoms with Crippen molar-refractivity contribution in [1.82, 2.24) is 24.1 Å². The van der Waals surface area contributed by atoms with Gasteiger partial charge >= 0.3 is 0 Å². The molecule has 0 bridgehead atoms. The molecule has 0 saturated carbocycles. The number of hydrogen-bond donors (Lipinski definition) is 0. The van der Waals surface area contributed by atoms with Crippen molar-refractivity contribution in [3.05, 3.63) is 188 Å². The van der Waals surface area contributed by atoms with Gasteiger partial charge in [0.15, 0.2) is 11.6 Å². The van der Waals surface area contributed by atoms with Gasteiger partial charge in [0.2, 0.25) is 5.95 Å². The van der Waals surface area contributed by atoms with E-state index in [0.717, 1.165) is 54.4 Å². The Labute approximate surface area is 362 Å². The predicted molar refractivity (Wildman–Crippen MR) is 263 cm³/mol. The number of para-hydroxylation sites is 3. The van der Waals surface area contributed by atoms with Crippen LogP contribution in [0.15, 0.2) is 188 Å². The van der Waals surface area contributed by atoms with Crippen LogP contribution in [0.4, 0.5) is 0 Å². The van der Waals surface area contributed by atoms with E-state index in [1.54, 1.807) is 11.3 Å². The van der Waals surface area contributed by atoms with Crippen LogP contribution in [0.1, 0.15) is 0 Å². The molecule has 14 rings (SSSR count). The molecule has 0 amide bonds. The highest BCUT2D eigenvalue weighted by Crippen LogP contribution is 2.45. The van der Waals surface area contributed by atoms with Gasteiger partial charge in [-0.25, -0.2) is 4.98 Å². The average Bonchev–Trinajstić information content (AvgIpc) is 4.08. The van der Waals surface area contributed by atoms with Gasteiger partial charge in [-0.15, -0.1) is 22.7 Å². The van der Waals surface area contributed by atoms with Gasteiger partial charge in [-0.3, -0.25) is 4.57 Å². The molecule has 0 spiro atoms. The van der Waals surface area contributed by atoms with E-state index in [-0.39, 0.29) is 0 Å². The molecule has 0 unspecified atom stereocenters. The number of fused-ring (bicyclic) bond motifs is 13. The lowest BCUT2D eigenvalue weighted by atomic mass is 10.1. The van der Waals surface area contributed by atoms with Crippen molar-refractivity contribution in [3.8, 4) is 34.4 Å². The van der Waals surface area contributed by atoms with Gasteiger partial charge in [0, 0.05) is 73.0 Å². The van der Waals surface area contributed by atoms with Crippen molar-refractivity contribution in [2.45, 2.75) is 0 Å². The van der Waals surface area contributed by atoms with Crippen LogP contribution in [0.25, 0.3) is 129 Å². The lowest BCUT2D eigenvalue weighted by molar-refractivity contribution is 0.954. The molecule has 288 valence electrons. The molecule has 0 aliphatic rings. The molecule has 0 aliphatic carbocycles. The molecule has 7 heteroatoms. The van der Waals surface area contributed by atoms with E-state index in [1.165, 1.54) is 57.2 Å². The maximum Gasteiger partial charge on any atom is 0.238 e. The highest BCUT2D eigenvalue weighted by molar-refractivity contribution is 7.26. The second-order valence-corrected chi connectivity index (χ2v) is 18.1. The third kappa shape index (κ3) is 4.86. The fourth-order valence-corrected chi connectivity index (χ4v) is 12.2. The lowest BCUT2D eigenvalue weighted by Crippen LogP contribution is -2.06. The molecule has 0 fully saturated rings. The molecular formula is C55H31N5S2. The molecular weight excluding hydrogens is 795 g/mol. The van der Waals surface area contributed by atoms with Gasteiger partial charge in [0.1, 0.15) is 0 Å². The maximum absolute atomic E-state index is 5.48. The van der Waals surface area contributed by atoms with Crippen LogP contribution < -0.4 is 0 Å². The number of nitrogens with zero attached hydrogens (tertiary/aromatic N) is 5. The molecule has 0 radical (unpaired) electrons. The highest BCUT2D eigenvalue weighted by atomic mass is 32.1. The van der Waals surface area contributed by atoms with Gasteiger partial charge in [0.25, 0.3) is 0 Å². The molecule has 5 nitrogen and oxygen atoms in total. The zero-order chi connectivity index (χ0) is 40.5. The van der Waals surface area contributed by atoms with E-state index < -0.39 is 0 Å². The Morgan fingerprint density at radius 2 is 0.919 bits per heavy atom. The predicted octanol–water partition coefficient (Wildman–Crippen LogP) is 15.3. The van der Waals surface area contributed by atoms with Crippen molar-refractivity contribution in [2.75, 3.05) is 0 Å². The van der Waals surface area contributed by atoms with Crippen molar-refractivity contribution >= 4 is 117 Å². The quantitative estimate of drug-likeness (QED) is 0.178. The normalized spacial score (nSPS) is 12.2. The first-order chi connectivity index (χ1) is 30.7. The van der Waals surface area contributed by atoms with Gasteiger partial charge in [-0.1, -0.05) is 127 Å². The summed E-state index contributed by atoms with van der Waals surface area (Å²) in [6, 6.07) is 67.8. The maximum atomic E-state index is 5.48. The Morgan fingerprint density at radius 1 is 0.355 bits per heavy atom. The number of hydrogen-bond acceptors (Lipinski definition) is 5. The van der Waals surface area contributed by atoms with E-state index in [9.17, 15) is 0 Å². The SMILES string of the molecule is c1ccc2cc3c(cc2c1)c1ccccc1n3-c1cc(-c2nc(-c3cccc4c3sc3ccccc34)nc(-n3c4ccccc4c4ccccc43)n2)cc2sc3ccccc3c12. The summed E-state index contributed by atoms with van der Waals surface area (Å²) in [6.07, 6.45) is 0. The first-order valence-electron chi connectivity index (χ1n) is 20.8. The summed E-state index contributed by atoms with van der Waals surface area (Å²) < 4.78 is 9.50. The standard InChI is InChI=1S/C55H31N5S2/c1-2-15-33-29-46-42(28-32(33)14-1)37-18-5-8-23-43(37)59(46)47-30-34(31-50-51(47)40-20-7-12-27-49(40)61-50)53-56-54(41-22-13-21-39-38-19-6-11-26-48(38)62-52(39)41)58-55(57-53)60-44-24-9-3-16-35(44)36-17-4-10-25-45(36)60/h1-31H.